The van der Waals surface area contributed by atoms with E-state index in [2.05, 4.69) is 0 Å². The molecule has 1 aliphatic rings. The first-order valence-corrected chi connectivity index (χ1v) is 11.8. The number of β-lactam (4-membered cyclic amide) rings is 1. The fourth-order valence-electron chi connectivity index (χ4n) is 4.56. The molecule has 0 aliphatic carbocycles. The fraction of sp³-hybridized carbons (Fsp3) is 0.321. The Morgan fingerprint density at radius 3 is 1.56 bits per heavy atom. The van der Waals surface area contributed by atoms with Crippen molar-refractivity contribution in [3.05, 3.63) is 48.0 Å². The van der Waals surface area contributed by atoms with Crippen molar-refractivity contribution in [3.63, 3.8) is 0 Å². The summed E-state index contributed by atoms with van der Waals surface area (Å²) in [5.41, 5.74) is 1.10. The number of carbonyl (C=O) groups excluding carboxylic acids is 1. The SMILES string of the molecule is COc1ccc([C@@H]2[C@H](Oc3cc(OC)c(OC)c(OC)c3)C(=O)N2c2cc(OC)c(OC)c(OC)c2)cc1O. The molecule has 1 N–H and O–H groups in total. The third-order valence-electron chi connectivity index (χ3n) is 6.42. The smallest absolute Gasteiger partial charge is 0.271 e. The van der Waals surface area contributed by atoms with Crippen LogP contribution in [0.3, 0.4) is 0 Å². The lowest BCUT2D eigenvalue weighted by molar-refractivity contribution is -0.135. The van der Waals surface area contributed by atoms with Crippen LogP contribution in [-0.4, -0.2) is 66.9 Å². The molecule has 0 bridgehead atoms. The maximum absolute atomic E-state index is 13.7. The molecule has 1 saturated heterocycles. The van der Waals surface area contributed by atoms with Crippen molar-refractivity contribution >= 4 is 11.6 Å². The summed E-state index contributed by atoms with van der Waals surface area (Å²) in [5, 5.41) is 10.5. The Bertz CT molecular complexity index is 1310. The predicted octanol–water partition coefficient (Wildman–Crippen LogP) is 3.99. The largest absolute Gasteiger partial charge is 0.504 e. The molecular formula is C28H31NO10. The molecular weight excluding hydrogens is 510 g/mol. The Morgan fingerprint density at radius 2 is 1.13 bits per heavy atom. The Labute approximate surface area is 226 Å². The van der Waals surface area contributed by atoms with Crippen LogP contribution in [0.25, 0.3) is 0 Å². The number of phenolic OH excluding ortho intramolecular Hbond substituents is 1. The zero-order valence-electron chi connectivity index (χ0n) is 22.8. The average Bonchev–Trinajstić information content (AvgIpc) is 2.96. The highest BCUT2D eigenvalue weighted by Crippen LogP contribution is 2.49. The molecule has 0 spiro atoms. The number of phenols is 1. The molecule has 1 aliphatic heterocycles. The highest BCUT2D eigenvalue weighted by Gasteiger charge is 2.52. The van der Waals surface area contributed by atoms with Gasteiger partial charge in [-0.3, -0.25) is 9.69 Å². The van der Waals surface area contributed by atoms with E-state index in [-0.39, 0.29) is 11.7 Å². The topological polar surface area (TPSA) is 114 Å². The van der Waals surface area contributed by atoms with Crippen LogP contribution in [-0.2, 0) is 4.79 Å². The van der Waals surface area contributed by atoms with E-state index in [1.165, 1.54) is 60.7 Å². The standard InChI is InChI=1S/C28H31NO10/c1-32-19-9-8-15(10-18(19)30)24-27(39-17-13-22(35-4)26(38-7)23(14-17)36-5)28(31)29(24)16-11-20(33-2)25(37-6)21(12-16)34-3/h8-14,24,27,30H,1-7H3/t24-,27+/m1/s1. The number of ether oxygens (including phenoxy) is 8. The first-order valence-electron chi connectivity index (χ1n) is 11.8. The summed E-state index contributed by atoms with van der Waals surface area (Å²) >= 11 is 0. The van der Waals surface area contributed by atoms with Gasteiger partial charge in [-0.2, -0.15) is 0 Å². The number of rotatable bonds is 11. The summed E-state index contributed by atoms with van der Waals surface area (Å²) in [6.07, 6.45) is -0.959. The van der Waals surface area contributed by atoms with Gasteiger partial charge in [0.2, 0.25) is 17.6 Å². The Balaban J connectivity index is 1.80. The van der Waals surface area contributed by atoms with E-state index in [0.717, 1.165) is 0 Å². The summed E-state index contributed by atoms with van der Waals surface area (Å²) in [5.74, 6) is 2.50. The first kappa shape index (κ1) is 27.4. The third-order valence-corrected chi connectivity index (χ3v) is 6.42. The van der Waals surface area contributed by atoms with Crippen molar-refractivity contribution in [2.24, 2.45) is 0 Å². The second kappa shape index (κ2) is 11.4. The maximum atomic E-state index is 13.7. The van der Waals surface area contributed by atoms with Crippen LogP contribution in [0, 0.1) is 0 Å². The second-order valence-electron chi connectivity index (χ2n) is 8.37. The zero-order chi connectivity index (χ0) is 28.3. The molecule has 2 atom stereocenters. The first-order chi connectivity index (χ1) is 18.8. The third kappa shape index (κ3) is 4.83. The van der Waals surface area contributed by atoms with Crippen LogP contribution in [0.15, 0.2) is 42.5 Å². The van der Waals surface area contributed by atoms with Crippen LogP contribution in [0.5, 0.6) is 51.7 Å². The number of hydrogen-bond acceptors (Lipinski definition) is 10. The molecule has 3 aromatic rings. The van der Waals surface area contributed by atoms with E-state index >= 15 is 0 Å². The number of amides is 1. The fourth-order valence-corrected chi connectivity index (χ4v) is 4.56. The van der Waals surface area contributed by atoms with Gasteiger partial charge in [-0.05, 0) is 17.7 Å². The molecule has 1 amide bonds. The van der Waals surface area contributed by atoms with Crippen molar-refractivity contribution in [2.75, 3.05) is 54.7 Å². The number of hydrogen-bond donors (Lipinski definition) is 1. The Kier molecular flexibility index (Phi) is 7.99. The summed E-state index contributed by atoms with van der Waals surface area (Å²) in [7, 11) is 10.4. The molecule has 11 nitrogen and oxygen atoms in total. The average molecular weight is 542 g/mol. The lowest BCUT2D eigenvalue weighted by Gasteiger charge is -2.46. The van der Waals surface area contributed by atoms with E-state index in [9.17, 15) is 9.90 Å². The van der Waals surface area contributed by atoms with Crippen molar-refractivity contribution in [3.8, 4) is 51.7 Å². The van der Waals surface area contributed by atoms with Crippen LogP contribution in [0.4, 0.5) is 5.69 Å². The van der Waals surface area contributed by atoms with E-state index in [0.29, 0.717) is 57.2 Å². The van der Waals surface area contributed by atoms with Crippen molar-refractivity contribution < 1.29 is 47.8 Å². The van der Waals surface area contributed by atoms with Crippen LogP contribution < -0.4 is 42.8 Å². The number of anilines is 1. The molecule has 3 aromatic carbocycles. The number of benzene rings is 3. The van der Waals surface area contributed by atoms with Gasteiger partial charge in [-0.1, -0.05) is 6.07 Å². The van der Waals surface area contributed by atoms with Crippen LogP contribution in [0.2, 0.25) is 0 Å². The number of carbonyl (C=O) groups is 1. The number of aromatic hydroxyl groups is 1. The van der Waals surface area contributed by atoms with Crippen LogP contribution in [0.1, 0.15) is 11.6 Å². The quantitative estimate of drug-likeness (QED) is 0.358. The Hall–Kier alpha value is -4.67. The molecule has 39 heavy (non-hydrogen) atoms. The van der Waals surface area contributed by atoms with Crippen molar-refractivity contribution in [1.82, 2.24) is 0 Å². The predicted molar refractivity (Wildman–Crippen MR) is 141 cm³/mol. The highest BCUT2D eigenvalue weighted by molar-refractivity contribution is 6.06. The lowest BCUT2D eigenvalue weighted by Crippen LogP contribution is -2.61. The summed E-state index contributed by atoms with van der Waals surface area (Å²) in [4.78, 5) is 15.2. The minimum absolute atomic E-state index is 0.0780. The van der Waals surface area contributed by atoms with Gasteiger partial charge in [0.15, 0.2) is 34.5 Å². The molecule has 208 valence electrons. The van der Waals surface area contributed by atoms with E-state index < -0.39 is 12.1 Å². The van der Waals surface area contributed by atoms with Gasteiger partial charge < -0.3 is 43.0 Å². The van der Waals surface area contributed by atoms with Gasteiger partial charge in [0, 0.05) is 24.3 Å². The van der Waals surface area contributed by atoms with Gasteiger partial charge in [0.05, 0.1) is 55.5 Å². The minimum atomic E-state index is -0.959. The van der Waals surface area contributed by atoms with E-state index in [1.54, 1.807) is 36.4 Å². The molecule has 0 aromatic heterocycles. The van der Waals surface area contributed by atoms with E-state index in [4.69, 9.17) is 37.9 Å². The van der Waals surface area contributed by atoms with Gasteiger partial charge in [-0.15, -0.1) is 0 Å². The molecule has 1 heterocycles. The summed E-state index contributed by atoms with van der Waals surface area (Å²) in [6, 6.07) is 10.8. The molecule has 1 fully saturated rings. The van der Waals surface area contributed by atoms with E-state index in [1.807, 2.05) is 0 Å². The summed E-state index contributed by atoms with van der Waals surface area (Å²) < 4.78 is 44.1. The molecule has 0 radical (unpaired) electrons. The van der Waals surface area contributed by atoms with Gasteiger partial charge in [0.1, 0.15) is 11.8 Å². The number of methoxy groups -OCH3 is 7. The van der Waals surface area contributed by atoms with Crippen molar-refractivity contribution in [2.45, 2.75) is 12.1 Å². The van der Waals surface area contributed by atoms with Gasteiger partial charge in [-0.25, -0.2) is 0 Å². The lowest BCUT2D eigenvalue weighted by atomic mass is 9.89. The van der Waals surface area contributed by atoms with Gasteiger partial charge in [0.25, 0.3) is 5.91 Å². The molecule has 0 saturated carbocycles. The molecule has 4 rings (SSSR count). The zero-order valence-corrected chi connectivity index (χ0v) is 22.8. The number of nitrogens with zero attached hydrogens (tertiary/aromatic N) is 1. The summed E-state index contributed by atoms with van der Waals surface area (Å²) in [6.45, 7) is 0. The second-order valence-corrected chi connectivity index (χ2v) is 8.37. The van der Waals surface area contributed by atoms with Crippen LogP contribution >= 0.6 is 0 Å². The normalized spacial score (nSPS) is 16.2. The highest BCUT2D eigenvalue weighted by atomic mass is 16.5. The molecule has 11 heteroatoms. The molecule has 0 unspecified atom stereocenters. The Morgan fingerprint density at radius 1 is 0.641 bits per heavy atom. The minimum Gasteiger partial charge on any atom is -0.504 e. The maximum Gasteiger partial charge on any atom is 0.271 e. The van der Waals surface area contributed by atoms with Crippen molar-refractivity contribution in [1.29, 1.82) is 0 Å². The monoisotopic (exact) mass is 541 g/mol. The van der Waals surface area contributed by atoms with Gasteiger partial charge >= 0.3 is 0 Å².